The first kappa shape index (κ1) is 17.3. The van der Waals surface area contributed by atoms with Crippen LogP contribution in [0.25, 0.3) is 0 Å². The molecule has 5 N–H and O–H groups in total. The standard InChI is InChI=1S/C11H25N3O3S/c1-3-5-11(9-12,6-4-2)10(15)14-7-8-18(13,16)17/h3-9,12H2,1-2H3,(H,14,15)(H2,13,16,17). The molecule has 0 atom stereocenters. The molecule has 0 unspecified atom stereocenters. The fourth-order valence-electron chi connectivity index (χ4n) is 2.10. The van der Waals surface area contributed by atoms with Crippen molar-refractivity contribution in [3.63, 3.8) is 0 Å². The first-order valence-corrected chi connectivity index (χ1v) is 8.01. The van der Waals surface area contributed by atoms with Crippen LogP contribution in [-0.2, 0) is 14.8 Å². The van der Waals surface area contributed by atoms with E-state index in [1.165, 1.54) is 0 Å². The first-order valence-electron chi connectivity index (χ1n) is 6.30. The molecule has 0 aliphatic carbocycles. The zero-order valence-electron chi connectivity index (χ0n) is 11.2. The summed E-state index contributed by atoms with van der Waals surface area (Å²) in [6.07, 6.45) is 3.14. The number of rotatable bonds is 9. The van der Waals surface area contributed by atoms with Crippen LogP contribution < -0.4 is 16.2 Å². The third-order valence-corrected chi connectivity index (χ3v) is 3.77. The number of hydrogen-bond donors (Lipinski definition) is 3. The summed E-state index contributed by atoms with van der Waals surface area (Å²) in [5, 5.41) is 7.50. The van der Waals surface area contributed by atoms with Crippen LogP contribution in [0.15, 0.2) is 0 Å². The van der Waals surface area contributed by atoms with E-state index in [9.17, 15) is 13.2 Å². The summed E-state index contributed by atoms with van der Waals surface area (Å²) in [5.41, 5.74) is 5.15. The van der Waals surface area contributed by atoms with Gasteiger partial charge >= 0.3 is 0 Å². The number of carbonyl (C=O) groups is 1. The van der Waals surface area contributed by atoms with E-state index in [0.717, 1.165) is 12.8 Å². The normalized spacial score (nSPS) is 12.4. The largest absolute Gasteiger partial charge is 0.355 e. The lowest BCUT2D eigenvalue weighted by Crippen LogP contribution is -2.47. The van der Waals surface area contributed by atoms with Gasteiger partial charge in [0.25, 0.3) is 0 Å². The van der Waals surface area contributed by atoms with Crippen molar-refractivity contribution in [3.8, 4) is 0 Å². The van der Waals surface area contributed by atoms with Gasteiger partial charge in [-0.15, -0.1) is 0 Å². The van der Waals surface area contributed by atoms with Crippen molar-refractivity contribution < 1.29 is 13.2 Å². The van der Waals surface area contributed by atoms with Crippen molar-refractivity contribution in [2.45, 2.75) is 39.5 Å². The predicted octanol–water partition coefficient (Wildman–Crippen LogP) is -0.0636. The highest BCUT2D eigenvalue weighted by Crippen LogP contribution is 2.28. The third-order valence-electron chi connectivity index (χ3n) is 3.00. The van der Waals surface area contributed by atoms with Crippen molar-refractivity contribution in [3.05, 3.63) is 0 Å². The SMILES string of the molecule is CCCC(CN)(CCC)C(=O)NCCS(N)(=O)=O. The second-order valence-corrected chi connectivity index (χ2v) is 6.34. The molecule has 0 aliphatic heterocycles. The predicted molar refractivity (Wildman–Crippen MR) is 72.3 cm³/mol. The lowest BCUT2D eigenvalue weighted by atomic mass is 9.78. The van der Waals surface area contributed by atoms with E-state index in [1.54, 1.807) is 0 Å². The Labute approximate surface area is 110 Å². The minimum Gasteiger partial charge on any atom is -0.355 e. The van der Waals surface area contributed by atoms with Crippen LogP contribution >= 0.6 is 0 Å². The zero-order valence-corrected chi connectivity index (χ0v) is 12.1. The van der Waals surface area contributed by atoms with Crippen molar-refractivity contribution in [2.24, 2.45) is 16.3 Å². The molecular weight excluding hydrogens is 254 g/mol. The molecule has 6 nitrogen and oxygen atoms in total. The van der Waals surface area contributed by atoms with E-state index < -0.39 is 15.4 Å². The molecule has 0 aromatic rings. The Morgan fingerprint density at radius 1 is 1.22 bits per heavy atom. The average Bonchev–Trinajstić information content (AvgIpc) is 2.26. The van der Waals surface area contributed by atoms with Gasteiger partial charge in [-0.2, -0.15) is 0 Å². The highest BCUT2D eigenvalue weighted by molar-refractivity contribution is 7.89. The Hall–Kier alpha value is -0.660. The second-order valence-electron chi connectivity index (χ2n) is 4.61. The monoisotopic (exact) mass is 279 g/mol. The third kappa shape index (κ3) is 5.79. The van der Waals surface area contributed by atoms with Gasteiger partial charge in [-0.3, -0.25) is 4.79 Å². The molecule has 0 heterocycles. The Kier molecular flexibility index (Phi) is 7.42. The van der Waals surface area contributed by atoms with Gasteiger partial charge in [0, 0.05) is 13.1 Å². The van der Waals surface area contributed by atoms with E-state index in [-0.39, 0.29) is 24.7 Å². The van der Waals surface area contributed by atoms with Gasteiger partial charge < -0.3 is 11.1 Å². The fourth-order valence-corrected chi connectivity index (χ4v) is 2.49. The smallest absolute Gasteiger partial charge is 0.227 e. The topological polar surface area (TPSA) is 115 Å². The first-order chi connectivity index (χ1) is 8.31. The molecule has 0 bridgehead atoms. The van der Waals surface area contributed by atoms with Crippen LogP contribution in [0.5, 0.6) is 0 Å². The molecule has 0 spiro atoms. The quantitative estimate of drug-likeness (QED) is 0.548. The molecule has 7 heteroatoms. The molecule has 108 valence electrons. The number of primary sulfonamides is 1. The Morgan fingerprint density at radius 2 is 1.72 bits per heavy atom. The number of nitrogens with two attached hydrogens (primary N) is 2. The minimum atomic E-state index is -3.54. The summed E-state index contributed by atoms with van der Waals surface area (Å²) in [6, 6.07) is 0. The van der Waals surface area contributed by atoms with Crippen molar-refractivity contribution in [1.29, 1.82) is 0 Å². The molecule has 0 aromatic carbocycles. The number of hydrogen-bond acceptors (Lipinski definition) is 4. The maximum Gasteiger partial charge on any atom is 0.227 e. The van der Waals surface area contributed by atoms with Gasteiger partial charge in [0.15, 0.2) is 0 Å². The summed E-state index contributed by atoms with van der Waals surface area (Å²) < 4.78 is 21.6. The lowest BCUT2D eigenvalue weighted by molar-refractivity contribution is -0.131. The highest BCUT2D eigenvalue weighted by atomic mass is 32.2. The van der Waals surface area contributed by atoms with Gasteiger partial charge in [-0.25, -0.2) is 13.6 Å². The second kappa shape index (κ2) is 7.70. The molecule has 0 saturated heterocycles. The average molecular weight is 279 g/mol. The summed E-state index contributed by atoms with van der Waals surface area (Å²) in [4.78, 5) is 12.1. The maximum absolute atomic E-state index is 12.1. The molecule has 1 amide bonds. The molecule has 0 saturated carbocycles. The van der Waals surface area contributed by atoms with Crippen LogP contribution in [-0.4, -0.2) is 33.2 Å². The van der Waals surface area contributed by atoms with Gasteiger partial charge in [0.05, 0.1) is 11.2 Å². The Morgan fingerprint density at radius 3 is 2.06 bits per heavy atom. The molecule has 0 aromatic heterocycles. The molecular formula is C11H25N3O3S. The number of amides is 1. The van der Waals surface area contributed by atoms with Gasteiger partial charge in [-0.05, 0) is 12.8 Å². The van der Waals surface area contributed by atoms with Crippen LogP contribution in [0.1, 0.15) is 39.5 Å². The van der Waals surface area contributed by atoms with Crippen molar-refractivity contribution >= 4 is 15.9 Å². The summed E-state index contributed by atoms with van der Waals surface area (Å²) in [6.45, 7) is 4.30. The number of sulfonamides is 1. The summed E-state index contributed by atoms with van der Waals surface area (Å²) in [5.74, 6) is -0.421. The molecule has 0 rings (SSSR count). The van der Waals surface area contributed by atoms with E-state index in [2.05, 4.69) is 5.32 Å². The summed E-state index contributed by atoms with van der Waals surface area (Å²) in [7, 11) is -3.54. The van der Waals surface area contributed by atoms with Crippen LogP contribution in [0.3, 0.4) is 0 Å². The molecule has 0 fully saturated rings. The zero-order chi connectivity index (χ0) is 14.2. The Bertz CT molecular complexity index is 349. The van der Waals surface area contributed by atoms with Gasteiger partial charge in [-0.1, -0.05) is 26.7 Å². The van der Waals surface area contributed by atoms with E-state index in [4.69, 9.17) is 10.9 Å². The molecule has 0 aliphatic rings. The minimum absolute atomic E-state index is 0.0346. The van der Waals surface area contributed by atoms with Crippen molar-refractivity contribution in [1.82, 2.24) is 5.32 Å². The lowest BCUT2D eigenvalue weighted by Gasteiger charge is -2.30. The van der Waals surface area contributed by atoms with Crippen LogP contribution in [0.4, 0.5) is 0 Å². The van der Waals surface area contributed by atoms with Crippen LogP contribution in [0.2, 0.25) is 0 Å². The maximum atomic E-state index is 12.1. The van der Waals surface area contributed by atoms with Crippen molar-refractivity contribution in [2.75, 3.05) is 18.8 Å². The van der Waals surface area contributed by atoms with Gasteiger partial charge in [0.1, 0.15) is 0 Å². The van der Waals surface area contributed by atoms with Gasteiger partial charge in [0.2, 0.25) is 15.9 Å². The van der Waals surface area contributed by atoms with E-state index in [0.29, 0.717) is 12.8 Å². The molecule has 18 heavy (non-hydrogen) atoms. The summed E-state index contributed by atoms with van der Waals surface area (Å²) >= 11 is 0. The highest BCUT2D eigenvalue weighted by Gasteiger charge is 2.34. The van der Waals surface area contributed by atoms with Crippen LogP contribution in [0, 0.1) is 5.41 Å². The van der Waals surface area contributed by atoms with E-state index >= 15 is 0 Å². The molecule has 0 radical (unpaired) electrons. The Balaban J connectivity index is 4.55. The number of carbonyl (C=O) groups excluding carboxylic acids is 1. The fraction of sp³-hybridized carbons (Fsp3) is 0.909. The number of nitrogens with one attached hydrogen (secondary N) is 1. The van der Waals surface area contributed by atoms with E-state index in [1.807, 2.05) is 13.8 Å².